The van der Waals surface area contributed by atoms with Crippen LogP contribution in [-0.4, -0.2) is 41.5 Å². The maximum absolute atomic E-state index is 12.1. The second-order valence-corrected chi connectivity index (χ2v) is 6.41. The number of rotatable bonds is 5. The molecule has 2 heterocycles. The molecule has 1 saturated heterocycles. The number of aromatic nitrogens is 3. The Balaban J connectivity index is 1.96. The Labute approximate surface area is 107 Å². The van der Waals surface area contributed by atoms with Crippen molar-refractivity contribution in [1.29, 1.82) is 0 Å². The van der Waals surface area contributed by atoms with Gasteiger partial charge in [0.15, 0.2) is 0 Å². The van der Waals surface area contributed by atoms with Gasteiger partial charge in [0.2, 0.25) is 10.0 Å². The minimum atomic E-state index is -3.28. The van der Waals surface area contributed by atoms with Gasteiger partial charge in [-0.2, -0.15) is 0 Å². The van der Waals surface area contributed by atoms with Crippen molar-refractivity contribution in [3.8, 4) is 0 Å². The molecule has 18 heavy (non-hydrogen) atoms. The highest BCUT2D eigenvalue weighted by Gasteiger charge is 2.27. The van der Waals surface area contributed by atoms with E-state index in [0.29, 0.717) is 18.8 Å². The highest BCUT2D eigenvalue weighted by Crippen LogP contribution is 2.10. The molecule has 1 aromatic heterocycles. The molecular formula is C10H19N5O2S. The average Bonchev–Trinajstić information content (AvgIpc) is 2.85. The van der Waals surface area contributed by atoms with Crippen LogP contribution in [0.3, 0.4) is 0 Å². The van der Waals surface area contributed by atoms with Gasteiger partial charge in [-0.05, 0) is 26.3 Å². The molecule has 0 radical (unpaired) electrons. The lowest BCUT2D eigenvalue weighted by molar-refractivity contribution is 0.488. The fourth-order valence-electron chi connectivity index (χ4n) is 2.05. The fourth-order valence-corrected chi connectivity index (χ4v) is 3.43. The van der Waals surface area contributed by atoms with E-state index in [1.165, 1.54) is 0 Å². The van der Waals surface area contributed by atoms with Crippen molar-refractivity contribution < 1.29 is 8.42 Å². The van der Waals surface area contributed by atoms with Crippen molar-refractivity contribution in [3.63, 3.8) is 0 Å². The van der Waals surface area contributed by atoms with E-state index in [4.69, 9.17) is 0 Å². The molecule has 0 amide bonds. The van der Waals surface area contributed by atoms with Crippen LogP contribution in [0.5, 0.6) is 0 Å². The zero-order valence-corrected chi connectivity index (χ0v) is 11.3. The number of nitrogens with one attached hydrogen (secondary N) is 2. The SMILES string of the molecule is CCn1cnnc1CNS(=O)(=O)C1CCCNC1. The molecule has 1 atom stereocenters. The summed E-state index contributed by atoms with van der Waals surface area (Å²) in [5.74, 6) is 0.643. The van der Waals surface area contributed by atoms with Gasteiger partial charge in [0, 0.05) is 13.1 Å². The number of piperidine rings is 1. The van der Waals surface area contributed by atoms with E-state index >= 15 is 0 Å². The first-order valence-electron chi connectivity index (χ1n) is 6.19. The summed E-state index contributed by atoms with van der Waals surface area (Å²) in [6.07, 6.45) is 3.21. The van der Waals surface area contributed by atoms with Gasteiger partial charge in [0.1, 0.15) is 12.2 Å². The van der Waals surface area contributed by atoms with Crippen molar-refractivity contribution in [2.24, 2.45) is 0 Å². The van der Waals surface area contributed by atoms with Gasteiger partial charge >= 0.3 is 0 Å². The summed E-state index contributed by atoms with van der Waals surface area (Å²) in [6.45, 7) is 4.32. The molecule has 0 saturated carbocycles. The quantitative estimate of drug-likeness (QED) is 0.753. The lowest BCUT2D eigenvalue weighted by atomic mass is 10.2. The van der Waals surface area contributed by atoms with Crippen molar-refractivity contribution >= 4 is 10.0 Å². The highest BCUT2D eigenvalue weighted by molar-refractivity contribution is 7.90. The first-order chi connectivity index (χ1) is 8.63. The normalized spacial score (nSPS) is 21.1. The molecular weight excluding hydrogens is 254 g/mol. The molecule has 1 aromatic rings. The number of aryl methyl sites for hydroxylation is 1. The molecule has 0 spiro atoms. The van der Waals surface area contributed by atoms with Crippen LogP contribution in [0.1, 0.15) is 25.6 Å². The minimum Gasteiger partial charge on any atom is -0.317 e. The summed E-state index contributed by atoms with van der Waals surface area (Å²) >= 11 is 0. The van der Waals surface area contributed by atoms with Crippen LogP contribution < -0.4 is 10.0 Å². The zero-order valence-electron chi connectivity index (χ0n) is 10.5. The third-order valence-corrected chi connectivity index (χ3v) is 4.99. The number of sulfonamides is 1. The van der Waals surface area contributed by atoms with E-state index in [-0.39, 0.29) is 11.8 Å². The van der Waals surface area contributed by atoms with Gasteiger partial charge in [-0.1, -0.05) is 0 Å². The summed E-state index contributed by atoms with van der Waals surface area (Å²) in [5.41, 5.74) is 0. The van der Waals surface area contributed by atoms with Crippen molar-refractivity contribution in [3.05, 3.63) is 12.2 Å². The standard InChI is InChI=1S/C10H19N5O2S/c1-2-15-8-12-14-10(15)7-13-18(16,17)9-4-3-5-11-6-9/h8-9,11,13H,2-7H2,1H3. The third kappa shape index (κ3) is 3.06. The van der Waals surface area contributed by atoms with E-state index in [0.717, 1.165) is 19.5 Å². The Bertz CT molecular complexity index is 478. The topological polar surface area (TPSA) is 88.9 Å². The molecule has 7 nitrogen and oxygen atoms in total. The van der Waals surface area contributed by atoms with Gasteiger partial charge in [0.25, 0.3) is 0 Å². The van der Waals surface area contributed by atoms with Crippen LogP contribution >= 0.6 is 0 Å². The second-order valence-electron chi connectivity index (χ2n) is 4.37. The van der Waals surface area contributed by atoms with Crippen molar-refractivity contribution in [1.82, 2.24) is 24.8 Å². The Kier molecular flexibility index (Phi) is 4.31. The predicted molar refractivity (Wildman–Crippen MR) is 67.3 cm³/mol. The Morgan fingerprint density at radius 3 is 3.11 bits per heavy atom. The first kappa shape index (κ1) is 13.4. The average molecular weight is 273 g/mol. The lowest BCUT2D eigenvalue weighted by Gasteiger charge is -2.22. The molecule has 102 valence electrons. The zero-order chi connectivity index (χ0) is 13.0. The fraction of sp³-hybridized carbons (Fsp3) is 0.800. The lowest BCUT2D eigenvalue weighted by Crippen LogP contribution is -2.44. The van der Waals surface area contributed by atoms with E-state index < -0.39 is 10.0 Å². The number of hydrogen-bond acceptors (Lipinski definition) is 5. The van der Waals surface area contributed by atoms with Gasteiger partial charge in [-0.3, -0.25) is 0 Å². The molecule has 0 bridgehead atoms. The Morgan fingerprint density at radius 2 is 2.44 bits per heavy atom. The second kappa shape index (κ2) is 5.77. The monoisotopic (exact) mass is 273 g/mol. The highest BCUT2D eigenvalue weighted by atomic mass is 32.2. The maximum Gasteiger partial charge on any atom is 0.216 e. The van der Waals surface area contributed by atoms with Crippen LogP contribution in [0.4, 0.5) is 0 Å². The van der Waals surface area contributed by atoms with E-state index in [9.17, 15) is 8.42 Å². The van der Waals surface area contributed by atoms with Crippen LogP contribution in [-0.2, 0) is 23.1 Å². The Hall–Kier alpha value is -0.990. The molecule has 1 aliphatic heterocycles. The summed E-state index contributed by atoms with van der Waals surface area (Å²) in [7, 11) is -3.28. The molecule has 2 N–H and O–H groups in total. The molecule has 1 aliphatic rings. The third-order valence-electron chi connectivity index (χ3n) is 3.16. The minimum absolute atomic E-state index is 0.201. The molecule has 1 unspecified atom stereocenters. The molecule has 0 aromatic carbocycles. The van der Waals surface area contributed by atoms with Gasteiger partial charge < -0.3 is 9.88 Å². The Morgan fingerprint density at radius 1 is 1.61 bits per heavy atom. The van der Waals surface area contributed by atoms with Crippen LogP contribution in [0.15, 0.2) is 6.33 Å². The molecule has 1 fully saturated rings. The van der Waals surface area contributed by atoms with Crippen molar-refractivity contribution in [2.75, 3.05) is 13.1 Å². The van der Waals surface area contributed by atoms with E-state index in [2.05, 4.69) is 20.2 Å². The number of hydrogen-bond donors (Lipinski definition) is 2. The van der Waals surface area contributed by atoms with Gasteiger partial charge in [0.05, 0.1) is 11.8 Å². The van der Waals surface area contributed by atoms with Gasteiger partial charge in [-0.15, -0.1) is 10.2 Å². The molecule has 0 aliphatic carbocycles. The predicted octanol–water partition coefficient (Wildman–Crippen LogP) is -0.531. The maximum atomic E-state index is 12.1. The summed E-state index contributed by atoms with van der Waals surface area (Å²) in [6, 6.07) is 0. The smallest absolute Gasteiger partial charge is 0.216 e. The van der Waals surface area contributed by atoms with Crippen LogP contribution in [0.25, 0.3) is 0 Å². The largest absolute Gasteiger partial charge is 0.317 e. The summed E-state index contributed by atoms with van der Waals surface area (Å²) in [5, 5.41) is 10.4. The molecule has 8 heteroatoms. The van der Waals surface area contributed by atoms with Crippen LogP contribution in [0.2, 0.25) is 0 Å². The molecule has 2 rings (SSSR count). The van der Waals surface area contributed by atoms with Crippen molar-refractivity contribution in [2.45, 2.75) is 38.1 Å². The summed E-state index contributed by atoms with van der Waals surface area (Å²) in [4.78, 5) is 0. The van der Waals surface area contributed by atoms with Gasteiger partial charge in [-0.25, -0.2) is 13.1 Å². The number of nitrogens with zero attached hydrogens (tertiary/aromatic N) is 3. The van der Waals surface area contributed by atoms with E-state index in [1.807, 2.05) is 11.5 Å². The first-order valence-corrected chi connectivity index (χ1v) is 7.74. The van der Waals surface area contributed by atoms with E-state index in [1.54, 1.807) is 6.33 Å². The summed E-state index contributed by atoms with van der Waals surface area (Å²) < 4.78 is 28.6. The van der Waals surface area contributed by atoms with Crippen LogP contribution in [0, 0.1) is 0 Å².